The van der Waals surface area contributed by atoms with Gasteiger partial charge in [0.15, 0.2) is 0 Å². The molecule has 1 N–H and O–H groups in total. The van der Waals surface area contributed by atoms with Crippen LogP contribution in [0.15, 0.2) is 49.8 Å². The summed E-state index contributed by atoms with van der Waals surface area (Å²) in [7, 11) is 0. The van der Waals surface area contributed by atoms with E-state index < -0.39 is 0 Å². The molecular formula is C14H7Br3N2O. The molecule has 0 saturated carbocycles. The molecule has 0 saturated heterocycles. The second-order valence-corrected chi connectivity index (χ2v) is 6.66. The Morgan fingerprint density at radius 2 is 1.65 bits per heavy atom. The Labute approximate surface area is 141 Å². The molecule has 0 aliphatic heterocycles. The molecule has 2 aromatic carbocycles. The number of amides is 1. The van der Waals surface area contributed by atoms with E-state index >= 15 is 0 Å². The van der Waals surface area contributed by atoms with Gasteiger partial charge in [-0.2, -0.15) is 5.26 Å². The van der Waals surface area contributed by atoms with E-state index in [-0.39, 0.29) is 5.91 Å². The molecule has 0 unspecified atom stereocenters. The van der Waals surface area contributed by atoms with E-state index in [1.807, 2.05) is 12.1 Å². The van der Waals surface area contributed by atoms with Crippen molar-refractivity contribution in [2.45, 2.75) is 0 Å². The Morgan fingerprint density at radius 1 is 1.00 bits per heavy atom. The zero-order valence-electron chi connectivity index (χ0n) is 9.95. The van der Waals surface area contributed by atoms with Crippen molar-refractivity contribution in [3.63, 3.8) is 0 Å². The monoisotopic (exact) mass is 456 g/mol. The number of carbonyl (C=O) groups excluding carboxylic acids is 1. The minimum atomic E-state index is -0.276. The molecule has 0 radical (unpaired) electrons. The third-order valence-corrected chi connectivity index (χ3v) is 3.88. The maximum absolute atomic E-state index is 12.2. The first-order valence-electron chi connectivity index (χ1n) is 5.46. The lowest BCUT2D eigenvalue weighted by Gasteiger charge is -2.08. The van der Waals surface area contributed by atoms with Crippen LogP contribution in [0.3, 0.4) is 0 Å². The second kappa shape index (κ2) is 6.53. The van der Waals surface area contributed by atoms with Crippen molar-refractivity contribution >= 4 is 59.4 Å². The van der Waals surface area contributed by atoms with Crippen LogP contribution in [0.4, 0.5) is 5.69 Å². The van der Waals surface area contributed by atoms with Crippen LogP contribution >= 0.6 is 47.8 Å². The first-order chi connectivity index (χ1) is 9.49. The van der Waals surface area contributed by atoms with Gasteiger partial charge in [-0.1, -0.05) is 47.8 Å². The van der Waals surface area contributed by atoms with Gasteiger partial charge in [0.05, 0.1) is 11.3 Å². The summed E-state index contributed by atoms with van der Waals surface area (Å²) >= 11 is 9.99. The topological polar surface area (TPSA) is 52.9 Å². The van der Waals surface area contributed by atoms with Gasteiger partial charge < -0.3 is 5.32 Å². The zero-order chi connectivity index (χ0) is 14.7. The number of nitrogens with one attached hydrogen (secondary N) is 1. The molecular weight excluding hydrogens is 452 g/mol. The first kappa shape index (κ1) is 15.2. The van der Waals surface area contributed by atoms with Crippen LogP contribution < -0.4 is 5.32 Å². The Bertz CT molecular complexity index is 703. The highest BCUT2D eigenvalue weighted by Crippen LogP contribution is 2.24. The van der Waals surface area contributed by atoms with Gasteiger partial charge >= 0.3 is 0 Å². The quantitative estimate of drug-likeness (QED) is 0.680. The SMILES string of the molecule is N#Cc1ccc(Br)cc1NC(=O)c1cc(Br)cc(Br)c1. The van der Waals surface area contributed by atoms with E-state index in [0.717, 1.165) is 13.4 Å². The van der Waals surface area contributed by atoms with Gasteiger partial charge in [0, 0.05) is 19.0 Å². The van der Waals surface area contributed by atoms with E-state index in [2.05, 4.69) is 53.1 Å². The highest BCUT2D eigenvalue weighted by molar-refractivity contribution is 9.11. The number of hydrogen-bond donors (Lipinski definition) is 1. The summed E-state index contributed by atoms with van der Waals surface area (Å²) in [5.74, 6) is -0.276. The largest absolute Gasteiger partial charge is 0.321 e. The van der Waals surface area contributed by atoms with Crippen molar-refractivity contribution in [1.29, 1.82) is 5.26 Å². The van der Waals surface area contributed by atoms with Crippen LogP contribution in [-0.4, -0.2) is 5.91 Å². The number of hydrogen-bond acceptors (Lipinski definition) is 2. The Hall–Kier alpha value is -1.16. The van der Waals surface area contributed by atoms with E-state index in [4.69, 9.17) is 5.26 Å². The van der Waals surface area contributed by atoms with Crippen molar-refractivity contribution in [3.05, 3.63) is 60.9 Å². The average molecular weight is 459 g/mol. The fourth-order valence-corrected chi connectivity index (χ4v) is 3.25. The Balaban J connectivity index is 2.32. The van der Waals surface area contributed by atoms with Crippen molar-refractivity contribution in [2.75, 3.05) is 5.32 Å². The Kier molecular flexibility index (Phi) is 4.97. The summed E-state index contributed by atoms with van der Waals surface area (Å²) in [6, 6.07) is 12.4. The maximum atomic E-state index is 12.2. The van der Waals surface area contributed by atoms with Gasteiger partial charge in [-0.3, -0.25) is 4.79 Å². The molecule has 0 aliphatic carbocycles. The van der Waals surface area contributed by atoms with Gasteiger partial charge in [-0.25, -0.2) is 0 Å². The van der Waals surface area contributed by atoms with Crippen molar-refractivity contribution < 1.29 is 4.79 Å². The molecule has 20 heavy (non-hydrogen) atoms. The predicted octanol–water partition coefficient (Wildman–Crippen LogP) is 5.10. The van der Waals surface area contributed by atoms with Crippen molar-refractivity contribution in [3.8, 4) is 6.07 Å². The number of anilines is 1. The lowest BCUT2D eigenvalue weighted by atomic mass is 10.1. The molecule has 3 nitrogen and oxygen atoms in total. The normalized spacial score (nSPS) is 9.90. The first-order valence-corrected chi connectivity index (χ1v) is 7.84. The molecule has 0 spiro atoms. The third kappa shape index (κ3) is 3.69. The molecule has 1 amide bonds. The lowest BCUT2D eigenvalue weighted by Crippen LogP contribution is -2.13. The summed E-state index contributed by atoms with van der Waals surface area (Å²) in [5, 5.41) is 11.8. The van der Waals surface area contributed by atoms with Gasteiger partial charge in [0.1, 0.15) is 6.07 Å². The molecule has 0 aromatic heterocycles. The Morgan fingerprint density at radius 3 is 2.25 bits per heavy atom. The molecule has 0 aliphatic rings. The molecule has 0 heterocycles. The van der Waals surface area contributed by atoms with Crippen LogP contribution in [0.1, 0.15) is 15.9 Å². The summed E-state index contributed by atoms with van der Waals surface area (Å²) in [6.45, 7) is 0. The minimum absolute atomic E-state index is 0.276. The molecule has 0 bridgehead atoms. The van der Waals surface area contributed by atoms with Crippen molar-refractivity contribution in [1.82, 2.24) is 0 Å². The molecule has 2 aromatic rings. The standard InChI is InChI=1S/C14H7Br3N2O/c15-10-2-1-8(7-18)13(6-10)19-14(20)9-3-11(16)5-12(17)4-9/h1-6H,(H,19,20). The molecule has 100 valence electrons. The average Bonchev–Trinajstić information content (AvgIpc) is 2.37. The number of benzene rings is 2. The summed E-state index contributed by atoms with van der Waals surface area (Å²) in [4.78, 5) is 12.2. The molecule has 6 heteroatoms. The lowest BCUT2D eigenvalue weighted by molar-refractivity contribution is 0.102. The molecule has 2 rings (SSSR count). The van der Waals surface area contributed by atoms with Gasteiger partial charge in [-0.15, -0.1) is 0 Å². The summed E-state index contributed by atoms with van der Waals surface area (Å²) < 4.78 is 2.39. The number of rotatable bonds is 2. The van der Waals surface area contributed by atoms with Crippen LogP contribution in [0, 0.1) is 11.3 Å². The van der Waals surface area contributed by atoms with E-state index in [1.165, 1.54) is 0 Å². The van der Waals surface area contributed by atoms with Gasteiger partial charge in [0.25, 0.3) is 5.91 Å². The summed E-state index contributed by atoms with van der Waals surface area (Å²) in [5.41, 5.74) is 1.38. The highest BCUT2D eigenvalue weighted by Gasteiger charge is 2.11. The third-order valence-electron chi connectivity index (χ3n) is 2.48. The van der Waals surface area contributed by atoms with Gasteiger partial charge in [0.2, 0.25) is 0 Å². The number of nitrogens with zero attached hydrogens (tertiary/aromatic N) is 1. The number of carbonyl (C=O) groups is 1. The van der Waals surface area contributed by atoms with Crippen LogP contribution in [-0.2, 0) is 0 Å². The van der Waals surface area contributed by atoms with E-state index in [1.54, 1.807) is 30.3 Å². The fraction of sp³-hybridized carbons (Fsp3) is 0. The van der Waals surface area contributed by atoms with Crippen molar-refractivity contribution in [2.24, 2.45) is 0 Å². The second-order valence-electron chi connectivity index (χ2n) is 3.91. The van der Waals surface area contributed by atoms with E-state index in [0.29, 0.717) is 16.8 Å². The minimum Gasteiger partial charge on any atom is -0.321 e. The maximum Gasteiger partial charge on any atom is 0.255 e. The summed E-state index contributed by atoms with van der Waals surface area (Å²) in [6.07, 6.45) is 0. The predicted molar refractivity (Wildman–Crippen MR) is 88.7 cm³/mol. The van der Waals surface area contributed by atoms with E-state index in [9.17, 15) is 4.79 Å². The molecule has 0 fully saturated rings. The van der Waals surface area contributed by atoms with Crippen LogP contribution in [0.25, 0.3) is 0 Å². The van der Waals surface area contributed by atoms with Crippen LogP contribution in [0.5, 0.6) is 0 Å². The highest BCUT2D eigenvalue weighted by atomic mass is 79.9. The molecule has 0 atom stereocenters. The smallest absolute Gasteiger partial charge is 0.255 e. The van der Waals surface area contributed by atoms with Crippen LogP contribution in [0.2, 0.25) is 0 Å². The number of nitriles is 1. The number of halogens is 3. The zero-order valence-corrected chi connectivity index (χ0v) is 14.7. The van der Waals surface area contributed by atoms with Gasteiger partial charge in [-0.05, 0) is 36.4 Å². The fourth-order valence-electron chi connectivity index (χ4n) is 1.60.